The van der Waals surface area contributed by atoms with Gasteiger partial charge in [0.2, 0.25) is 0 Å². The maximum absolute atomic E-state index is 10.2. The Morgan fingerprint density at radius 2 is 1.00 bits per heavy atom. The van der Waals surface area contributed by atoms with E-state index in [4.69, 9.17) is 49.6 Å². The molecule has 0 fully saturated rings. The van der Waals surface area contributed by atoms with E-state index in [1.165, 1.54) is 64.5 Å². The first kappa shape index (κ1) is 41.2. The van der Waals surface area contributed by atoms with Gasteiger partial charge in [0, 0.05) is 24.3 Å². The van der Waals surface area contributed by atoms with E-state index in [0.717, 1.165) is 13.2 Å². The van der Waals surface area contributed by atoms with Gasteiger partial charge in [-0.25, -0.2) is 0 Å². The van der Waals surface area contributed by atoms with Crippen LogP contribution in [-0.2, 0) is 9.47 Å². The molecule has 2 rings (SSSR count). The van der Waals surface area contributed by atoms with E-state index in [-0.39, 0.29) is 31.0 Å². The van der Waals surface area contributed by atoms with Crippen molar-refractivity contribution in [3.63, 3.8) is 0 Å². The molecule has 0 heterocycles. The molecule has 0 saturated carbocycles. The Morgan fingerprint density at radius 1 is 0.700 bits per heavy atom. The average molecular weight is 575 g/mol. The SMILES string of the molecule is CC(O)CO.CC(O)CO.CCOC(C)OCC.COc1cc(C=O)ccc1O.COc1cc(C=O)ccc1O. The highest BCUT2D eigenvalue weighted by molar-refractivity contribution is 5.76. The van der Waals surface area contributed by atoms with Gasteiger partial charge in [-0.2, -0.15) is 0 Å². The van der Waals surface area contributed by atoms with Crippen molar-refractivity contribution < 1.29 is 59.2 Å². The maximum Gasteiger partial charge on any atom is 0.161 e. The molecule has 0 spiro atoms. The van der Waals surface area contributed by atoms with Crippen LogP contribution in [0.15, 0.2) is 36.4 Å². The van der Waals surface area contributed by atoms with Gasteiger partial charge in [0.05, 0.1) is 39.6 Å². The highest BCUT2D eigenvalue weighted by Crippen LogP contribution is 2.26. The van der Waals surface area contributed by atoms with Crippen molar-refractivity contribution in [2.75, 3.05) is 40.6 Å². The zero-order chi connectivity index (χ0) is 31.5. The summed E-state index contributed by atoms with van der Waals surface area (Å²) in [5, 5.41) is 50.2. The fraction of sp³-hybridized carbons (Fsp3) is 0.500. The predicted octanol–water partition coefficient (Wildman–Crippen LogP) is 2.55. The number of aliphatic hydroxyl groups is 4. The Labute approximate surface area is 236 Å². The van der Waals surface area contributed by atoms with Crippen molar-refractivity contribution in [3.05, 3.63) is 47.5 Å². The summed E-state index contributed by atoms with van der Waals surface area (Å²) < 4.78 is 19.7. The summed E-state index contributed by atoms with van der Waals surface area (Å²) in [6.07, 6.45) is 0.235. The lowest BCUT2D eigenvalue weighted by molar-refractivity contribution is -0.123. The fourth-order valence-corrected chi connectivity index (χ4v) is 2.05. The number of phenols is 2. The quantitative estimate of drug-likeness (QED) is 0.180. The lowest BCUT2D eigenvalue weighted by Gasteiger charge is -2.09. The number of phenolic OH excluding ortho intramolecular Hbond substituents is 2. The van der Waals surface area contributed by atoms with Crippen molar-refractivity contribution in [2.24, 2.45) is 0 Å². The van der Waals surface area contributed by atoms with Gasteiger partial charge in [0.25, 0.3) is 0 Å². The number of hydrogen-bond donors (Lipinski definition) is 6. The zero-order valence-corrected chi connectivity index (χ0v) is 24.3. The van der Waals surface area contributed by atoms with Crippen LogP contribution < -0.4 is 9.47 Å². The number of aromatic hydroxyl groups is 2. The highest BCUT2D eigenvalue weighted by atomic mass is 16.7. The Hall–Kier alpha value is -3.26. The summed E-state index contributed by atoms with van der Waals surface area (Å²) in [5.41, 5.74) is 0.972. The van der Waals surface area contributed by atoms with E-state index in [0.29, 0.717) is 35.2 Å². The van der Waals surface area contributed by atoms with Gasteiger partial charge in [0.1, 0.15) is 12.6 Å². The van der Waals surface area contributed by atoms with Crippen LogP contribution in [0.25, 0.3) is 0 Å². The van der Waals surface area contributed by atoms with Crippen LogP contribution in [-0.4, -0.2) is 102 Å². The molecule has 230 valence electrons. The molecule has 2 atom stereocenters. The minimum absolute atomic E-state index is 0.0370. The molecule has 2 aromatic carbocycles. The van der Waals surface area contributed by atoms with Gasteiger partial charge in [-0.3, -0.25) is 9.59 Å². The van der Waals surface area contributed by atoms with Crippen LogP contribution >= 0.6 is 0 Å². The maximum atomic E-state index is 10.2. The number of carbonyl (C=O) groups is 2. The number of rotatable bonds is 10. The topological polar surface area (TPSA) is 192 Å². The van der Waals surface area contributed by atoms with Gasteiger partial charge in [-0.1, -0.05) is 0 Å². The molecular weight excluding hydrogens is 528 g/mol. The number of hydrogen-bond acceptors (Lipinski definition) is 12. The van der Waals surface area contributed by atoms with Crippen LogP contribution in [0.2, 0.25) is 0 Å². The highest BCUT2D eigenvalue weighted by Gasteiger charge is 2.01. The Kier molecular flexibility index (Phi) is 28.1. The summed E-state index contributed by atoms with van der Waals surface area (Å²) >= 11 is 0. The van der Waals surface area contributed by atoms with Crippen molar-refractivity contribution in [1.82, 2.24) is 0 Å². The van der Waals surface area contributed by atoms with E-state index in [2.05, 4.69) is 0 Å². The molecule has 0 amide bonds. The van der Waals surface area contributed by atoms with Gasteiger partial charge < -0.3 is 49.6 Å². The molecule has 0 aliphatic rings. The fourth-order valence-electron chi connectivity index (χ4n) is 2.05. The van der Waals surface area contributed by atoms with Gasteiger partial charge in [0.15, 0.2) is 29.3 Å². The van der Waals surface area contributed by atoms with E-state index < -0.39 is 12.2 Å². The number of aliphatic hydroxyl groups excluding tert-OH is 4. The summed E-state index contributed by atoms with van der Waals surface area (Å²) in [4.78, 5) is 20.5. The molecule has 0 radical (unpaired) electrons. The molecule has 0 aliphatic heterocycles. The number of methoxy groups -OCH3 is 2. The van der Waals surface area contributed by atoms with Crippen LogP contribution in [0, 0.1) is 0 Å². The van der Waals surface area contributed by atoms with Crippen molar-refractivity contribution in [3.8, 4) is 23.0 Å². The van der Waals surface area contributed by atoms with Gasteiger partial charge in [-0.05, 0) is 71.0 Å². The standard InChI is InChI=1S/2C8H8O3.C6H14O2.2C3H8O2/c2*1-11-8-4-6(5-9)2-3-7(8)10;1-4-7-6(3)8-5-2;2*1-3(5)2-4/h2*2-5,10H,1H3;6H,4-5H2,1-3H3;2*3-5H,2H2,1H3. The molecule has 40 heavy (non-hydrogen) atoms. The van der Waals surface area contributed by atoms with Crippen LogP contribution in [0.3, 0.4) is 0 Å². The number of carbonyl (C=O) groups excluding carboxylic acids is 2. The first-order chi connectivity index (χ1) is 18.9. The average Bonchev–Trinajstić information content (AvgIpc) is 2.95. The molecule has 6 N–H and O–H groups in total. The van der Waals surface area contributed by atoms with Gasteiger partial charge >= 0.3 is 0 Å². The first-order valence-corrected chi connectivity index (χ1v) is 12.4. The van der Waals surface area contributed by atoms with Crippen molar-refractivity contribution in [2.45, 2.75) is 53.1 Å². The summed E-state index contributed by atoms with van der Waals surface area (Å²) in [7, 11) is 2.87. The lowest BCUT2D eigenvalue weighted by atomic mass is 10.2. The van der Waals surface area contributed by atoms with E-state index >= 15 is 0 Å². The molecule has 12 heteroatoms. The number of benzene rings is 2. The molecule has 2 aromatic rings. The summed E-state index contributed by atoms with van der Waals surface area (Å²) in [5.74, 6) is 0.709. The van der Waals surface area contributed by atoms with Crippen LogP contribution in [0.4, 0.5) is 0 Å². The van der Waals surface area contributed by atoms with E-state index in [1.807, 2.05) is 20.8 Å². The van der Waals surface area contributed by atoms with Gasteiger partial charge in [-0.15, -0.1) is 0 Å². The first-order valence-electron chi connectivity index (χ1n) is 12.4. The third-order valence-electron chi connectivity index (χ3n) is 4.01. The molecular formula is C28H46O12. The van der Waals surface area contributed by atoms with E-state index in [1.54, 1.807) is 0 Å². The molecule has 0 saturated heterocycles. The smallest absolute Gasteiger partial charge is 0.161 e. The third-order valence-corrected chi connectivity index (χ3v) is 4.01. The monoisotopic (exact) mass is 574 g/mol. The second-order valence-electron chi connectivity index (χ2n) is 7.64. The molecule has 0 aromatic heterocycles. The van der Waals surface area contributed by atoms with Crippen LogP contribution in [0.1, 0.15) is 55.3 Å². The minimum atomic E-state index is -0.560. The largest absolute Gasteiger partial charge is 0.504 e. The van der Waals surface area contributed by atoms with E-state index in [9.17, 15) is 9.59 Å². The molecule has 12 nitrogen and oxygen atoms in total. The predicted molar refractivity (Wildman–Crippen MR) is 150 cm³/mol. The Balaban J connectivity index is -0.000000446. The lowest BCUT2D eigenvalue weighted by Crippen LogP contribution is -2.11. The van der Waals surface area contributed by atoms with Crippen LogP contribution in [0.5, 0.6) is 23.0 Å². The summed E-state index contributed by atoms with van der Waals surface area (Å²) in [6, 6.07) is 8.82. The third kappa shape index (κ3) is 23.8. The second-order valence-corrected chi connectivity index (χ2v) is 7.64. The Bertz CT molecular complexity index is 816. The molecule has 2 unspecified atom stereocenters. The zero-order valence-electron chi connectivity index (χ0n) is 24.3. The summed E-state index contributed by atoms with van der Waals surface area (Å²) in [6.45, 7) is 10.0. The number of ether oxygens (including phenoxy) is 4. The van der Waals surface area contributed by atoms with Crippen molar-refractivity contribution >= 4 is 12.6 Å². The Morgan fingerprint density at radius 3 is 1.20 bits per heavy atom. The number of aldehydes is 2. The normalized spacial score (nSPS) is 10.9. The minimum Gasteiger partial charge on any atom is -0.504 e. The van der Waals surface area contributed by atoms with Crippen molar-refractivity contribution in [1.29, 1.82) is 0 Å². The molecule has 0 aliphatic carbocycles. The molecule has 0 bridgehead atoms. The second kappa shape index (κ2) is 27.3.